The molecule has 1 aromatic rings. The summed E-state index contributed by atoms with van der Waals surface area (Å²) in [5.41, 5.74) is 0. The Morgan fingerprint density at radius 1 is 1.19 bits per heavy atom. The van der Waals surface area contributed by atoms with Crippen molar-refractivity contribution in [3.8, 4) is 0 Å². The van der Waals surface area contributed by atoms with Gasteiger partial charge in [0.05, 0.1) is 4.90 Å². The molecule has 146 valence electrons. The number of carbonyl (C=O) groups is 1. The molecule has 6 nitrogen and oxygen atoms in total. The molecule has 1 atom stereocenters. The molecule has 1 aliphatic rings. The molecule has 2 rings (SSSR count). The van der Waals surface area contributed by atoms with Gasteiger partial charge in [-0.25, -0.2) is 8.42 Å². The first-order valence-corrected chi connectivity index (χ1v) is 10.9. The van der Waals surface area contributed by atoms with Crippen LogP contribution in [0, 0.1) is 5.92 Å². The number of carbonyl (C=O) groups excluding carboxylic acids is 1. The minimum absolute atomic E-state index is 0.0424. The van der Waals surface area contributed by atoms with Crippen molar-refractivity contribution < 1.29 is 13.2 Å². The van der Waals surface area contributed by atoms with Gasteiger partial charge in [-0.05, 0) is 45.0 Å². The van der Waals surface area contributed by atoms with Crippen LogP contribution in [0.2, 0.25) is 0 Å². The van der Waals surface area contributed by atoms with Crippen molar-refractivity contribution >= 4 is 15.9 Å². The zero-order valence-electron chi connectivity index (χ0n) is 16.0. The van der Waals surface area contributed by atoms with Gasteiger partial charge < -0.3 is 5.32 Å². The second-order valence-corrected chi connectivity index (χ2v) is 8.74. The number of hydrogen-bond acceptors (Lipinski definition) is 4. The average molecular weight is 382 g/mol. The van der Waals surface area contributed by atoms with Crippen LogP contribution in [0.25, 0.3) is 0 Å². The minimum atomic E-state index is -3.46. The van der Waals surface area contributed by atoms with E-state index in [4.69, 9.17) is 0 Å². The van der Waals surface area contributed by atoms with Crippen molar-refractivity contribution in [2.45, 2.75) is 44.6 Å². The summed E-state index contributed by atoms with van der Waals surface area (Å²) in [4.78, 5) is 15.0. The smallest absolute Gasteiger partial charge is 0.243 e. The highest BCUT2D eigenvalue weighted by molar-refractivity contribution is 7.89. The van der Waals surface area contributed by atoms with Crippen molar-refractivity contribution in [2.75, 3.05) is 32.7 Å². The van der Waals surface area contributed by atoms with Crippen LogP contribution in [0.15, 0.2) is 35.2 Å². The molecule has 0 aliphatic carbocycles. The van der Waals surface area contributed by atoms with Crippen LogP contribution in [0.5, 0.6) is 0 Å². The maximum Gasteiger partial charge on any atom is 0.243 e. The van der Waals surface area contributed by atoms with Crippen LogP contribution in [0.4, 0.5) is 0 Å². The number of nitrogens with zero attached hydrogens (tertiary/aromatic N) is 2. The van der Waals surface area contributed by atoms with Gasteiger partial charge >= 0.3 is 0 Å². The molecule has 1 heterocycles. The average Bonchev–Trinajstić information content (AvgIpc) is 2.68. The van der Waals surface area contributed by atoms with Gasteiger partial charge in [0.15, 0.2) is 0 Å². The van der Waals surface area contributed by atoms with Crippen LogP contribution in [0.1, 0.15) is 33.6 Å². The summed E-state index contributed by atoms with van der Waals surface area (Å²) in [7, 11) is -3.46. The lowest BCUT2D eigenvalue weighted by molar-refractivity contribution is -0.126. The van der Waals surface area contributed by atoms with E-state index in [1.165, 1.54) is 4.31 Å². The molecule has 0 saturated carbocycles. The van der Waals surface area contributed by atoms with E-state index in [1.807, 2.05) is 0 Å². The first-order chi connectivity index (χ1) is 12.4. The molecule has 7 heteroatoms. The molecule has 0 bridgehead atoms. The van der Waals surface area contributed by atoms with Crippen molar-refractivity contribution in [1.82, 2.24) is 14.5 Å². The van der Waals surface area contributed by atoms with Crippen LogP contribution in [0.3, 0.4) is 0 Å². The molecule has 0 spiro atoms. The largest absolute Gasteiger partial charge is 0.354 e. The Kier molecular flexibility index (Phi) is 7.61. The molecule has 1 fully saturated rings. The molecule has 1 aromatic carbocycles. The zero-order chi connectivity index (χ0) is 19.2. The molecular weight excluding hydrogens is 350 g/mol. The number of hydrogen-bond donors (Lipinski definition) is 1. The monoisotopic (exact) mass is 381 g/mol. The van der Waals surface area contributed by atoms with Gasteiger partial charge in [-0.3, -0.25) is 9.69 Å². The Morgan fingerprint density at radius 3 is 2.31 bits per heavy atom. The van der Waals surface area contributed by atoms with Gasteiger partial charge in [0.2, 0.25) is 15.9 Å². The molecular formula is C19H31N3O3S. The van der Waals surface area contributed by atoms with Gasteiger partial charge in [-0.15, -0.1) is 0 Å². The summed E-state index contributed by atoms with van der Waals surface area (Å²) in [5, 5.41) is 3.04. The van der Waals surface area contributed by atoms with E-state index in [9.17, 15) is 13.2 Å². The third kappa shape index (κ3) is 5.05. The number of rotatable bonds is 8. The topological polar surface area (TPSA) is 69.7 Å². The van der Waals surface area contributed by atoms with Crippen molar-refractivity contribution in [1.29, 1.82) is 0 Å². The second kappa shape index (κ2) is 9.48. The van der Waals surface area contributed by atoms with Gasteiger partial charge in [0.25, 0.3) is 0 Å². The lowest BCUT2D eigenvalue weighted by Crippen LogP contribution is -2.46. The molecule has 1 saturated heterocycles. The Morgan fingerprint density at radius 2 is 1.77 bits per heavy atom. The van der Waals surface area contributed by atoms with E-state index < -0.39 is 10.0 Å². The maximum atomic E-state index is 12.6. The Hall–Kier alpha value is -1.44. The summed E-state index contributed by atoms with van der Waals surface area (Å²) in [5.74, 6) is -0.0677. The minimum Gasteiger partial charge on any atom is -0.354 e. The van der Waals surface area contributed by atoms with E-state index in [2.05, 4.69) is 31.0 Å². The Bertz CT molecular complexity index is 667. The lowest BCUT2D eigenvalue weighted by Gasteiger charge is -2.31. The molecule has 26 heavy (non-hydrogen) atoms. The number of benzene rings is 1. The van der Waals surface area contributed by atoms with Crippen molar-refractivity contribution in [3.63, 3.8) is 0 Å². The van der Waals surface area contributed by atoms with Gasteiger partial charge in [0, 0.05) is 31.6 Å². The standard InChI is InChI=1S/C19H31N3O3S/c1-4-21(5-2)16(3)15-20-19(23)17-11-13-22(14-12-17)26(24,25)18-9-7-6-8-10-18/h6-10,16-17H,4-5,11-15H2,1-3H3,(H,20,23). The number of amides is 1. The summed E-state index contributed by atoms with van der Waals surface area (Å²) in [6, 6.07) is 8.78. The molecule has 1 aliphatic heterocycles. The Balaban J connectivity index is 1.85. The summed E-state index contributed by atoms with van der Waals surface area (Å²) >= 11 is 0. The van der Waals surface area contributed by atoms with Crippen LogP contribution < -0.4 is 5.32 Å². The first kappa shape index (κ1) is 20.9. The maximum absolute atomic E-state index is 12.6. The molecule has 0 aromatic heterocycles. The number of sulfonamides is 1. The first-order valence-electron chi connectivity index (χ1n) is 9.47. The normalized spacial score (nSPS) is 18.0. The summed E-state index contributed by atoms with van der Waals surface area (Å²) < 4.78 is 26.8. The number of piperidine rings is 1. The summed E-state index contributed by atoms with van der Waals surface area (Å²) in [6.45, 7) is 9.68. The lowest BCUT2D eigenvalue weighted by atomic mass is 9.97. The highest BCUT2D eigenvalue weighted by Crippen LogP contribution is 2.23. The van der Waals surface area contributed by atoms with E-state index in [-0.39, 0.29) is 11.8 Å². The SMILES string of the molecule is CCN(CC)C(C)CNC(=O)C1CCN(S(=O)(=O)c2ccccc2)CC1. The fourth-order valence-corrected chi connectivity index (χ4v) is 4.96. The molecule has 1 amide bonds. The highest BCUT2D eigenvalue weighted by atomic mass is 32.2. The van der Waals surface area contributed by atoms with Gasteiger partial charge in [0.1, 0.15) is 0 Å². The number of likely N-dealkylation sites (N-methyl/N-ethyl adjacent to an activating group) is 1. The fourth-order valence-electron chi connectivity index (χ4n) is 3.47. The quantitative estimate of drug-likeness (QED) is 0.747. The summed E-state index contributed by atoms with van der Waals surface area (Å²) in [6.07, 6.45) is 1.13. The van der Waals surface area contributed by atoms with E-state index in [0.29, 0.717) is 43.4 Å². The van der Waals surface area contributed by atoms with Crippen molar-refractivity contribution in [3.05, 3.63) is 30.3 Å². The van der Waals surface area contributed by atoms with E-state index in [1.54, 1.807) is 30.3 Å². The molecule has 0 radical (unpaired) electrons. The van der Waals surface area contributed by atoms with Crippen molar-refractivity contribution in [2.24, 2.45) is 5.92 Å². The Labute approximate surface area is 157 Å². The van der Waals surface area contributed by atoms with Gasteiger partial charge in [-0.2, -0.15) is 4.31 Å². The predicted molar refractivity (Wildman–Crippen MR) is 103 cm³/mol. The van der Waals surface area contributed by atoms with E-state index in [0.717, 1.165) is 13.1 Å². The number of nitrogens with one attached hydrogen (secondary N) is 1. The molecule has 1 unspecified atom stereocenters. The van der Waals surface area contributed by atoms with Gasteiger partial charge in [-0.1, -0.05) is 32.0 Å². The predicted octanol–water partition coefficient (Wildman–Crippen LogP) is 1.93. The van der Waals surface area contributed by atoms with E-state index >= 15 is 0 Å². The molecule has 1 N–H and O–H groups in total. The van der Waals surface area contributed by atoms with Crippen LogP contribution in [-0.4, -0.2) is 62.3 Å². The highest BCUT2D eigenvalue weighted by Gasteiger charge is 2.32. The zero-order valence-corrected chi connectivity index (χ0v) is 16.8. The third-order valence-corrected chi connectivity index (χ3v) is 7.13. The second-order valence-electron chi connectivity index (χ2n) is 6.81. The van der Waals surface area contributed by atoms with Crippen LogP contribution >= 0.6 is 0 Å². The third-order valence-electron chi connectivity index (χ3n) is 5.21. The fraction of sp³-hybridized carbons (Fsp3) is 0.632. The van der Waals surface area contributed by atoms with Crippen LogP contribution in [-0.2, 0) is 14.8 Å².